The summed E-state index contributed by atoms with van der Waals surface area (Å²) in [6.45, 7) is 0. The Hall–Kier alpha value is -3.40. The van der Waals surface area contributed by atoms with Crippen LogP contribution in [0, 0.1) is 0 Å². The van der Waals surface area contributed by atoms with Crippen LogP contribution in [-0.4, -0.2) is 18.1 Å². The number of benzene rings is 2. The number of esters is 1. The number of carbonyl (C=O) groups excluding carboxylic acids is 1. The molecule has 0 fully saturated rings. The second-order valence-electron chi connectivity index (χ2n) is 5.96. The van der Waals surface area contributed by atoms with Crippen molar-refractivity contribution in [1.82, 2.24) is 4.98 Å². The Balaban J connectivity index is 1.63. The Morgan fingerprint density at radius 3 is 2.52 bits per heavy atom. The number of pyridine rings is 1. The van der Waals surface area contributed by atoms with E-state index in [-0.39, 0.29) is 5.97 Å². The second-order valence-corrected chi connectivity index (χ2v) is 5.96. The van der Waals surface area contributed by atoms with Gasteiger partial charge in [0.25, 0.3) is 0 Å². The van der Waals surface area contributed by atoms with Gasteiger partial charge in [0.15, 0.2) is 11.5 Å². The average molecular weight is 359 g/mol. The molecule has 0 atom stereocenters. The van der Waals surface area contributed by atoms with Crippen LogP contribution in [0.2, 0.25) is 0 Å². The highest BCUT2D eigenvalue weighted by Crippen LogP contribution is 2.29. The zero-order valence-corrected chi connectivity index (χ0v) is 15.2. The van der Waals surface area contributed by atoms with Crippen LogP contribution in [0.15, 0.2) is 72.9 Å². The monoisotopic (exact) mass is 359 g/mol. The fraction of sp³-hybridized carbons (Fsp3) is 0.130. The van der Waals surface area contributed by atoms with Gasteiger partial charge in [-0.2, -0.15) is 0 Å². The fourth-order valence-corrected chi connectivity index (χ4v) is 2.59. The van der Waals surface area contributed by atoms with E-state index in [2.05, 4.69) is 4.98 Å². The zero-order chi connectivity index (χ0) is 18.9. The largest absolute Gasteiger partial charge is 0.493 e. The van der Waals surface area contributed by atoms with Gasteiger partial charge in [0.05, 0.1) is 12.8 Å². The summed E-state index contributed by atoms with van der Waals surface area (Å²) < 4.78 is 10.9. The Morgan fingerprint density at radius 1 is 0.963 bits per heavy atom. The lowest BCUT2D eigenvalue weighted by atomic mass is 10.1. The summed E-state index contributed by atoms with van der Waals surface area (Å²) in [5.74, 6) is 0.658. The summed E-state index contributed by atoms with van der Waals surface area (Å²) >= 11 is 0. The fourth-order valence-electron chi connectivity index (χ4n) is 2.59. The minimum Gasteiger partial charge on any atom is -0.493 e. The Bertz CT molecular complexity index is 905. The quantitative estimate of drug-likeness (QED) is 0.449. The van der Waals surface area contributed by atoms with Crippen LogP contribution < -0.4 is 9.47 Å². The number of aromatic nitrogens is 1. The van der Waals surface area contributed by atoms with Crippen LogP contribution in [-0.2, 0) is 11.2 Å². The number of rotatable bonds is 7. The summed E-state index contributed by atoms with van der Waals surface area (Å²) in [6.07, 6.45) is 6.56. The third-order valence-electron chi connectivity index (χ3n) is 4.01. The Kier molecular flexibility index (Phi) is 6.36. The summed E-state index contributed by atoms with van der Waals surface area (Å²) in [6, 6.07) is 21.1. The molecule has 0 aliphatic rings. The first-order valence-corrected chi connectivity index (χ1v) is 8.76. The van der Waals surface area contributed by atoms with E-state index in [1.165, 1.54) is 0 Å². The van der Waals surface area contributed by atoms with E-state index in [1.54, 1.807) is 19.4 Å². The van der Waals surface area contributed by atoms with Gasteiger partial charge in [0.1, 0.15) is 0 Å². The molecule has 3 aromatic rings. The summed E-state index contributed by atoms with van der Waals surface area (Å²) in [5, 5.41) is 0. The first kappa shape index (κ1) is 18.4. The SMILES string of the molecule is COc1cc(/C=C/c2ccccn2)ccc1OC(=O)CCc1ccccc1. The molecule has 0 amide bonds. The molecule has 3 rings (SSSR count). The first-order chi connectivity index (χ1) is 13.2. The summed E-state index contributed by atoms with van der Waals surface area (Å²) in [7, 11) is 1.56. The third-order valence-corrected chi connectivity index (χ3v) is 4.01. The van der Waals surface area contributed by atoms with Gasteiger partial charge < -0.3 is 9.47 Å². The van der Waals surface area contributed by atoms with Crippen molar-refractivity contribution in [2.24, 2.45) is 0 Å². The number of hydrogen-bond donors (Lipinski definition) is 0. The van der Waals surface area contributed by atoms with E-state index in [0.29, 0.717) is 24.3 Å². The third kappa shape index (κ3) is 5.54. The number of methoxy groups -OCH3 is 1. The maximum absolute atomic E-state index is 12.1. The standard InChI is InChI=1S/C23H21NO3/c1-26-22-17-19(10-13-20-9-5-6-16-24-20)11-14-21(22)27-23(25)15-12-18-7-3-2-4-8-18/h2-11,13-14,16-17H,12,15H2,1H3/b13-10+. The lowest BCUT2D eigenvalue weighted by Crippen LogP contribution is -2.09. The average Bonchev–Trinajstić information content (AvgIpc) is 2.73. The molecule has 0 unspecified atom stereocenters. The molecular weight excluding hydrogens is 338 g/mol. The molecule has 0 radical (unpaired) electrons. The predicted molar refractivity (Wildman–Crippen MR) is 107 cm³/mol. The van der Waals surface area contributed by atoms with Crippen molar-refractivity contribution in [2.75, 3.05) is 7.11 Å². The van der Waals surface area contributed by atoms with Crippen LogP contribution in [0.1, 0.15) is 23.2 Å². The molecule has 136 valence electrons. The maximum atomic E-state index is 12.1. The second kappa shape index (κ2) is 9.34. The van der Waals surface area contributed by atoms with E-state index < -0.39 is 0 Å². The zero-order valence-electron chi connectivity index (χ0n) is 15.2. The molecular formula is C23H21NO3. The topological polar surface area (TPSA) is 48.4 Å². The Labute approximate surface area is 159 Å². The number of nitrogens with zero attached hydrogens (tertiary/aromatic N) is 1. The highest BCUT2D eigenvalue weighted by Gasteiger charge is 2.10. The molecule has 4 heteroatoms. The number of carbonyl (C=O) groups is 1. The lowest BCUT2D eigenvalue weighted by molar-refractivity contribution is -0.134. The predicted octanol–water partition coefficient (Wildman–Crippen LogP) is 4.80. The van der Waals surface area contributed by atoms with Crippen LogP contribution in [0.4, 0.5) is 0 Å². The molecule has 0 saturated carbocycles. The first-order valence-electron chi connectivity index (χ1n) is 8.76. The van der Waals surface area contributed by atoms with Gasteiger partial charge in [0.2, 0.25) is 0 Å². The highest BCUT2D eigenvalue weighted by molar-refractivity contribution is 5.75. The molecule has 0 bridgehead atoms. The molecule has 0 spiro atoms. The van der Waals surface area contributed by atoms with Crippen molar-refractivity contribution in [3.05, 3.63) is 89.7 Å². The van der Waals surface area contributed by atoms with Gasteiger partial charge in [-0.15, -0.1) is 0 Å². The van der Waals surface area contributed by atoms with Gasteiger partial charge in [-0.1, -0.05) is 48.5 Å². The highest BCUT2D eigenvalue weighted by atomic mass is 16.6. The van der Waals surface area contributed by atoms with Crippen molar-refractivity contribution >= 4 is 18.1 Å². The van der Waals surface area contributed by atoms with Crippen LogP contribution in [0.5, 0.6) is 11.5 Å². The molecule has 0 N–H and O–H groups in total. The van der Waals surface area contributed by atoms with Crippen molar-refractivity contribution in [3.8, 4) is 11.5 Å². The van der Waals surface area contributed by atoms with Crippen molar-refractivity contribution in [1.29, 1.82) is 0 Å². The minimum atomic E-state index is -0.283. The molecule has 0 saturated heterocycles. The van der Waals surface area contributed by atoms with Crippen molar-refractivity contribution < 1.29 is 14.3 Å². The normalized spacial score (nSPS) is 10.7. The van der Waals surface area contributed by atoms with Crippen LogP contribution >= 0.6 is 0 Å². The summed E-state index contributed by atoms with van der Waals surface area (Å²) in [5.41, 5.74) is 2.91. The van der Waals surface area contributed by atoms with Gasteiger partial charge in [0, 0.05) is 12.6 Å². The van der Waals surface area contributed by atoms with Crippen LogP contribution in [0.3, 0.4) is 0 Å². The van der Waals surface area contributed by atoms with Gasteiger partial charge in [-0.3, -0.25) is 9.78 Å². The minimum absolute atomic E-state index is 0.283. The number of ether oxygens (including phenoxy) is 2. The van der Waals surface area contributed by atoms with Crippen molar-refractivity contribution in [2.45, 2.75) is 12.8 Å². The molecule has 0 aliphatic heterocycles. The molecule has 27 heavy (non-hydrogen) atoms. The number of aryl methyl sites for hydroxylation is 1. The Morgan fingerprint density at radius 2 is 1.78 bits per heavy atom. The van der Waals surface area contributed by atoms with Gasteiger partial charge >= 0.3 is 5.97 Å². The van der Waals surface area contributed by atoms with Gasteiger partial charge in [-0.05, 0) is 47.9 Å². The smallest absolute Gasteiger partial charge is 0.311 e. The molecule has 1 aromatic heterocycles. The van der Waals surface area contributed by atoms with E-state index in [9.17, 15) is 4.79 Å². The van der Waals surface area contributed by atoms with E-state index >= 15 is 0 Å². The lowest BCUT2D eigenvalue weighted by Gasteiger charge is -2.10. The molecule has 0 aliphatic carbocycles. The number of hydrogen-bond acceptors (Lipinski definition) is 4. The maximum Gasteiger partial charge on any atom is 0.311 e. The molecule has 1 heterocycles. The van der Waals surface area contributed by atoms with Crippen LogP contribution in [0.25, 0.3) is 12.2 Å². The van der Waals surface area contributed by atoms with E-state index in [1.807, 2.05) is 72.8 Å². The summed E-state index contributed by atoms with van der Waals surface area (Å²) in [4.78, 5) is 16.4. The molecule has 4 nitrogen and oxygen atoms in total. The van der Waals surface area contributed by atoms with Gasteiger partial charge in [-0.25, -0.2) is 0 Å². The van der Waals surface area contributed by atoms with E-state index in [0.717, 1.165) is 16.8 Å². The van der Waals surface area contributed by atoms with Crippen molar-refractivity contribution in [3.63, 3.8) is 0 Å². The van der Waals surface area contributed by atoms with E-state index in [4.69, 9.17) is 9.47 Å². The molecule has 2 aromatic carbocycles.